The topological polar surface area (TPSA) is 23.6 Å². The van der Waals surface area contributed by atoms with Gasteiger partial charge in [-0.25, -0.2) is 0 Å². The van der Waals surface area contributed by atoms with Gasteiger partial charge in [0.15, 0.2) is 0 Å². The van der Waals surface area contributed by atoms with Gasteiger partial charge in [0.25, 0.3) is 5.91 Å². The van der Waals surface area contributed by atoms with Gasteiger partial charge in [-0.15, -0.1) is 0 Å². The second-order valence-electron chi connectivity index (χ2n) is 7.14. The molecule has 0 N–H and O–H groups in total. The van der Waals surface area contributed by atoms with Gasteiger partial charge < -0.3 is 4.90 Å². The minimum atomic E-state index is 0.106. The number of rotatable bonds is 3. The van der Waals surface area contributed by atoms with Gasteiger partial charge in [-0.1, -0.05) is 29.8 Å². The Hall–Kier alpha value is -1.32. The molecule has 1 heterocycles. The van der Waals surface area contributed by atoms with Crippen molar-refractivity contribution in [1.82, 2.24) is 9.80 Å². The lowest BCUT2D eigenvalue weighted by Crippen LogP contribution is -2.50. The van der Waals surface area contributed by atoms with Crippen molar-refractivity contribution in [1.29, 1.82) is 0 Å². The van der Waals surface area contributed by atoms with Gasteiger partial charge in [0.2, 0.25) is 0 Å². The molecule has 3 atom stereocenters. The number of carbonyl (C=O) groups excluding carboxylic acids is 1. The molecule has 0 radical (unpaired) electrons. The summed E-state index contributed by atoms with van der Waals surface area (Å²) in [6.07, 6.45) is 7.57. The van der Waals surface area contributed by atoms with Crippen molar-refractivity contribution < 1.29 is 4.79 Å². The Morgan fingerprint density at radius 3 is 2.61 bits per heavy atom. The van der Waals surface area contributed by atoms with Gasteiger partial charge in [-0.3, -0.25) is 9.69 Å². The van der Waals surface area contributed by atoms with Gasteiger partial charge in [0, 0.05) is 43.3 Å². The molecule has 1 amide bonds. The molecule has 23 heavy (non-hydrogen) atoms. The van der Waals surface area contributed by atoms with E-state index in [4.69, 9.17) is 11.6 Å². The lowest BCUT2D eigenvalue weighted by atomic mass is 9.93. The van der Waals surface area contributed by atoms with E-state index in [9.17, 15) is 4.79 Å². The van der Waals surface area contributed by atoms with Crippen LogP contribution >= 0.6 is 11.6 Å². The summed E-state index contributed by atoms with van der Waals surface area (Å²) in [4.78, 5) is 17.1. The number of benzene rings is 1. The predicted octanol–water partition coefficient (Wildman–Crippen LogP) is 3.31. The van der Waals surface area contributed by atoms with Crippen LogP contribution in [0.2, 0.25) is 5.02 Å². The van der Waals surface area contributed by atoms with Gasteiger partial charge in [-0.05, 0) is 48.8 Å². The zero-order valence-electron chi connectivity index (χ0n) is 13.3. The van der Waals surface area contributed by atoms with Crippen LogP contribution in [0.15, 0.2) is 36.4 Å². The molecule has 1 aromatic carbocycles. The predicted molar refractivity (Wildman–Crippen MR) is 92.6 cm³/mol. The van der Waals surface area contributed by atoms with Crippen molar-refractivity contribution in [3.63, 3.8) is 0 Å². The first-order chi connectivity index (χ1) is 11.2. The summed E-state index contributed by atoms with van der Waals surface area (Å²) in [7, 11) is 0. The standard InChI is InChI=1S/C19H23ClN2O/c20-18-3-1-2-16(12-18)19(23)22-8-6-21(7-9-22)13-17-11-14-4-5-15(17)10-14/h1-5,12,14-15,17H,6-11,13H2/t14-,15+,17-/m0/s1. The Labute approximate surface area is 142 Å². The number of hydrogen-bond donors (Lipinski definition) is 0. The van der Waals surface area contributed by atoms with Crippen LogP contribution in [-0.2, 0) is 0 Å². The van der Waals surface area contributed by atoms with Gasteiger partial charge >= 0.3 is 0 Å². The minimum absolute atomic E-state index is 0.106. The molecule has 4 rings (SSSR count). The number of nitrogens with zero attached hydrogens (tertiary/aromatic N) is 2. The quantitative estimate of drug-likeness (QED) is 0.794. The second kappa shape index (κ2) is 6.29. The maximum absolute atomic E-state index is 12.5. The average molecular weight is 331 g/mol. The number of fused-ring (bicyclic) bond motifs is 2. The van der Waals surface area contributed by atoms with E-state index in [-0.39, 0.29) is 5.91 Å². The highest BCUT2D eigenvalue weighted by Crippen LogP contribution is 2.43. The molecular weight excluding hydrogens is 308 g/mol. The van der Waals surface area contributed by atoms with E-state index in [0.29, 0.717) is 10.6 Å². The van der Waals surface area contributed by atoms with E-state index in [1.807, 2.05) is 17.0 Å². The summed E-state index contributed by atoms with van der Waals surface area (Å²) in [5.41, 5.74) is 0.698. The molecule has 0 aromatic heterocycles. The highest BCUT2D eigenvalue weighted by Gasteiger charge is 2.36. The van der Waals surface area contributed by atoms with Crippen LogP contribution < -0.4 is 0 Å². The summed E-state index contributed by atoms with van der Waals surface area (Å²) in [6.45, 7) is 4.82. The highest BCUT2D eigenvalue weighted by molar-refractivity contribution is 6.30. The molecule has 122 valence electrons. The first-order valence-electron chi connectivity index (χ1n) is 8.64. The van der Waals surface area contributed by atoms with Gasteiger partial charge in [0.1, 0.15) is 0 Å². The first-order valence-corrected chi connectivity index (χ1v) is 9.02. The van der Waals surface area contributed by atoms with Gasteiger partial charge in [-0.2, -0.15) is 0 Å². The SMILES string of the molecule is O=C(c1cccc(Cl)c1)N1CCN(C[C@@H]2C[C@H]3C=C[C@@H]2C3)CC1. The number of amides is 1. The van der Waals surface area contributed by atoms with Crippen molar-refractivity contribution in [2.24, 2.45) is 17.8 Å². The van der Waals surface area contributed by atoms with Crippen molar-refractivity contribution in [2.45, 2.75) is 12.8 Å². The van der Waals surface area contributed by atoms with Gasteiger partial charge in [0.05, 0.1) is 0 Å². The van der Waals surface area contributed by atoms with E-state index in [1.54, 1.807) is 12.1 Å². The Bertz CT molecular complexity index is 622. The van der Waals surface area contributed by atoms with E-state index >= 15 is 0 Å². The minimum Gasteiger partial charge on any atom is -0.336 e. The molecule has 2 fully saturated rings. The van der Waals surface area contributed by atoms with Crippen molar-refractivity contribution >= 4 is 17.5 Å². The molecule has 3 aliphatic rings. The lowest BCUT2D eigenvalue weighted by Gasteiger charge is -2.37. The summed E-state index contributed by atoms with van der Waals surface area (Å²) in [5, 5.41) is 0.624. The second-order valence-corrected chi connectivity index (χ2v) is 7.58. The zero-order chi connectivity index (χ0) is 15.8. The Kier molecular flexibility index (Phi) is 4.16. The molecule has 4 heteroatoms. The summed E-state index contributed by atoms with van der Waals surface area (Å²) in [5.74, 6) is 2.59. The molecule has 2 aliphatic carbocycles. The van der Waals surface area contributed by atoms with Crippen LogP contribution in [0.5, 0.6) is 0 Å². The zero-order valence-corrected chi connectivity index (χ0v) is 14.1. The maximum atomic E-state index is 12.5. The summed E-state index contributed by atoms with van der Waals surface area (Å²) >= 11 is 5.99. The van der Waals surface area contributed by atoms with Crippen LogP contribution in [0.3, 0.4) is 0 Å². The van der Waals surface area contributed by atoms with Crippen LogP contribution in [0.4, 0.5) is 0 Å². The maximum Gasteiger partial charge on any atom is 0.253 e. The average Bonchev–Trinajstić information content (AvgIpc) is 3.18. The number of carbonyl (C=O) groups is 1. The molecule has 0 spiro atoms. The molecule has 1 saturated carbocycles. The molecule has 0 unspecified atom stereocenters. The van der Waals surface area contributed by atoms with Crippen LogP contribution in [0.25, 0.3) is 0 Å². The first kappa shape index (κ1) is 15.2. The molecular formula is C19H23ClN2O. The number of hydrogen-bond acceptors (Lipinski definition) is 2. The molecule has 1 aromatic rings. The number of piperazine rings is 1. The summed E-state index contributed by atoms with van der Waals surface area (Å²) in [6, 6.07) is 7.26. The van der Waals surface area contributed by atoms with E-state index in [2.05, 4.69) is 17.1 Å². The van der Waals surface area contributed by atoms with Crippen molar-refractivity contribution in [3.8, 4) is 0 Å². The third-order valence-corrected chi connectivity index (χ3v) is 5.88. The molecule has 3 nitrogen and oxygen atoms in total. The lowest BCUT2D eigenvalue weighted by molar-refractivity contribution is 0.0610. The molecule has 2 bridgehead atoms. The Balaban J connectivity index is 1.30. The van der Waals surface area contributed by atoms with Crippen LogP contribution in [-0.4, -0.2) is 48.4 Å². The Morgan fingerprint density at radius 1 is 1.13 bits per heavy atom. The smallest absolute Gasteiger partial charge is 0.253 e. The van der Waals surface area contributed by atoms with Crippen molar-refractivity contribution in [3.05, 3.63) is 47.0 Å². The highest BCUT2D eigenvalue weighted by atomic mass is 35.5. The van der Waals surface area contributed by atoms with E-state index < -0.39 is 0 Å². The van der Waals surface area contributed by atoms with E-state index in [1.165, 1.54) is 19.4 Å². The normalized spacial score (nSPS) is 30.1. The largest absolute Gasteiger partial charge is 0.336 e. The van der Waals surface area contributed by atoms with Crippen molar-refractivity contribution in [2.75, 3.05) is 32.7 Å². The number of halogens is 1. The fraction of sp³-hybridized carbons (Fsp3) is 0.526. The Morgan fingerprint density at radius 2 is 1.96 bits per heavy atom. The third kappa shape index (κ3) is 3.17. The molecule has 1 aliphatic heterocycles. The number of allylic oxidation sites excluding steroid dienone is 2. The monoisotopic (exact) mass is 330 g/mol. The fourth-order valence-corrected chi connectivity index (χ4v) is 4.56. The third-order valence-electron chi connectivity index (χ3n) is 5.64. The van der Waals surface area contributed by atoms with Crippen LogP contribution in [0, 0.1) is 17.8 Å². The van der Waals surface area contributed by atoms with E-state index in [0.717, 1.165) is 43.9 Å². The van der Waals surface area contributed by atoms with Crippen LogP contribution in [0.1, 0.15) is 23.2 Å². The summed E-state index contributed by atoms with van der Waals surface area (Å²) < 4.78 is 0. The fourth-order valence-electron chi connectivity index (χ4n) is 4.37. The molecule has 1 saturated heterocycles.